The van der Waals surface area contributed by atoms with Crippen LogP contribution in [0.4, 0.5) is 4.79 Å². The Labute approximate surface area is 155 Å². The fourth-order valence-corrected chi connectivity index (χ4v) is 3.00. The monoisotopic (exact) mass is 377 g/mol. The van der Waals surface area contributed by atoms with Gasteiger partial charge in [0.05, 0.1) is 18.6 Å². The molecular weight excluding hydrogens is 358 g/mol. The number of nitrogens with zero attached hydrogens (tertiary/aromatic N) is 1. The molecule has 0 bridgehead atoms. The number of hydrogen-bond donors (Lipinski definition) is 0. The molecule has 0 aliphatic carbocycles. The predicted molar refractivity (Wildman–Crippen MR) is 98.0 cm³/mol. The number of hydrogen-bond acceptors (Lipinski definition) is 7. The van der Waals surface area contributed by atoms with Gasteiger partial charge in [-0.1, -0.05) is 18.7 Å². The molecule has 0 atom stereocenters. The first-order valence-electron chi connectivity index (χ1n) is 7.82. The first-order chi connectivity index (χ1) is 12.5. The Morgan fingerprint density at radius 2 is 2.08 bits per heavy atom. The highest BCUT2D eigenvalue weighted by Gasteiger charge is 2.36. The largest absolute Gasteiger partial charge is 0.493 e. The minimum atomic E-state index is -0.624. The van der Waals surface area contributed by atoms with Crippen LogP contribution in [0.15, 0.2) is 35.8 Å². The zero-order valence-electron chi connectivity index (χ0n) is 14.5. The number of ether oxygens (including phenoxy) is 3. The Morgan fingerprint density at radius 3 is 2.73 bits per heavy atom. The van der Waals surface area contributed by atoms with Crippen LogP contribution in [-0.4, -0.2) is 48.9 Å². The van der Waals surface area contributed by atoms with Crippen molar-refractivity contribution in [1.82, 2.24) is 4.90 Å². The van der Waals surface area contributed by atoms with E-state index in [0.717, 1.165) is 16.7 Å². The van der Waals surface area contributed by atoms with Gasteiger partial charge >= 0.3 is 5.97 Å². The smallest absolute Gasteiger partial charge is 0.326 e. The molecule has 0 radical (unpaired) electrons. The molecule has 0 N–H and O–H groups in total. The van der Waals surface area contributed by atoms with Gasteiger partial charge in [-0.05, 0) is 42.5 Å². The van der Waals surface area contributed by atoms with Gasteiger partial charge in [-0.3, -0.25) is 19.3 Å². The number of imide groups is 1. The lowest BCUT2D eigenvalue weighted by atomic mass is 10.2. The van der Waals surface area contributed by atoms with Crippen LogP contribution in [0.2, 0.25) is 0 Å². The molecule has 0 aromatic heterocycles. The zero-order valence-corrected chi connectivity index (χ0v) is 15.3. The summed E-state index contributed by atoms with van der Waals surface area (Å²) < 4.78 is 15.5. The van der Waals surface area contributed by atoms with Gasteiger partial charge in [0.15, 0.2) is 11.5 Å². The summed E-state index contributed by atoms with van der Waals surface area (Å²) >= 11 is 0.774. The number of benzene rings is 1. The van der Waals surface area contributed by atoms with E-state index in [1.807, 2.05) is 0 Å². The molecule has 7 nitrogen and oxygen atoms in total. The van der Waals surface area contributed by atoms with Crippen molar-refractivity contribution in [2.45, 2.75) is 6.92 Å². The molecule has 138 valence electrons. The molecule has 2 amide bonds. The SMILES string of the molecule is C=CCOc1ccc(/C=C2/SC(=O)N(CC(=O)OCC)C2=O)cc1OC. The maximum atomic E-state index is 12.4. The molecule has 0 spiro atoms. The lowest BCUT2D eigenvalue weighted by Gasteiger charge is -2.11. The fraction of sp³-hybridized carbons (Fsp3) is 0.278. The molecule has 1 aliphatic rings. The first kappa shape index (κ1) is 19.6. The van der Waals surface area contributed by atoms with E-state index in [4.69, 9.17) is 14.2 Å². The summed E-state index contributed by atoms with van der Waals surface area (Å²) in [5.41, 5.74) is 0.662. The second kappa shape index (κ2) is 9.10. The predicted octanol–water partition coefficient (Wildman–Crippen LogP) is 2.86. The van der Waals surface area contributed by atoms with Crippen molar-refractivity contribution < 1.29 is 28.6 Å². The summed E-state index contributed by atoms with van der Waals surface area (Å²) in [7, 11) is 1.51. The van der Waals surface area contributed by atoms with Gasteiger partial charge in [-0.15, -0.1) is 0 Å². The average molecular weight is 377 g/mol. The second-order valence-corrected chi connectivity index (χ2v) is 6.08. The molecular formula is C18H19NO6S. The van der Waals surface area contributed by atoms with Gasteiger partial charge < -0.3 is 14.2 Å². The Kier molecular flexibility index (Phi) is 6.85. The quantitative estimate of drug-likeness (QED) is 0.391. The van der Waals surface area contributed by atoms with Crippen LogP contribution in [0, 0.1) is 0 Å². The van der Waals surface area contributed by atoms with E-state index < -0.39 is 23.7 Å². The number of carbonyl (C=O) groups is 3. The highest BCUT2D eigenvalue weighted by molar-refractivity contribution is 8.18. The van der Waals surface area contributed by atoms with Gasteiger partial charge in [0.2, 0.25) is 0 Å². The maximum absolute atomic E-state index is 12.4. The third-order valence-corrected chi connectivity index (χ3v) is 4.22. The summed E-state index contributed by atoms with van der Waals surface area (Å²) in [6.07, 6.45) is 3.18. The lowest BCUT2D eigenvalue weighted by Crippen LogP contribution is -2.34. The average Bonchev–Trinajstić information content (AvgIpc) is 2.88. The van der Waals surface area contributed by atoms with Crippen molar-refractivity contribution in [1.29, 1.82) is 0 Å². The fourth-order valence-electron chi connectivity index (χ4n) is 2.17. The van der Waals surface area contributed by atoms with Gasteiger partial charge in [0, 0.05) is 0 Å². The van der Waals surface area contributed by atoms with Crippen molar-refractivity contribution in [3.05, 3.63) is 41.3 Å². The third-order valence-electron chi connectivity index (χ3n) is 3.31. The van der Waals surface area contributed by atoms with Gasteiger partial charge in [0.25, 0.3) is 11.1 Å². The van der Waals surface area contributed by atoms with E-state index >= 15 is 0 Å². The van der Waals surface area contributed by atoms with Gasteiger partial charge in [-0.25, -0.2) is 0 Å². The molecule has 8 heteroatoms. The second-order valence-electron chi connectivity index (χ2n) is 5.08. The minimum absolute atomic E-state index is 0.185. The Morgan fingerprint density at radius 1 is 1.31 bits per heavy atom. The number of carbonyl (C=O) groups excluding carboxylic acids is 3. The van der Waals surface area contributed by atoms with E-state index in [2.05, 4.69) is 6.58 Å². The normalized spacial score (nSPS) is 15.3. The van der Waals surface area contributed by atoms with E-state index in [0.29, 0.717) is 23.7 Å². The summed E-state index contributed by atoms with van der Waals surface area (Å²) in [6, 6.07) is 5.13. The van der Waals surface area contributed by atoms with Crippen molar-refractivity contribution in [2.75, 3.05) is 26.9 Å². The lowest BCUT2D eigenvalue weighted by molar-refractivity contribution is -0.145. The van der Waals surface area contributed by atoms with Crippen LogP contribution < -0.4 is 9.47 Å². The van der Waals surface area contributed by atoms with Gasteiger partial charge in [-0.2, -0.15) is 0 Å². The van der Waals surface area contributed by atoms with Crippen LogP contribution in [0.25, 0.3) is 6.08 Å². The third kappa shape index (κ3) is 4.66. The summed E-state index contributed by atoms with van der Waals surface area (Å²) in [5, 5.41) is -0.507. The number of rotatable bonds is 8. The van der Waals surface area contributed by atoms with Crippen molar-refractivity contribution in [2.24, 2.45) is 0 Å². The topological polar surface area (TPSA) is 82.1 Å². The number of esters is 1. The molecule has 1 fully saturated rings. The zero-order chi connectivity index (χ0) is 19.1. The molecule has 1 heterocycles. The van der Waals surface area contributed by atoms with E-state index in [9.17, 15) is 14.4 Å². The van der Waals surface area contributed by atoms with E-state index in [1.165, 1.54) is 7.11 Å². The number of amides is 2. The molecule has 2 rings (SSSR count). The van der Waals surface area contributed by atoms with E-state index in [1.54, 1.807) is 37.3 Å². The highest BCUT2D eigenvalue weighted by Crippen LogP contribution is 2.34. The molecule has 1 aromatic carbocycles. The number of thioether (sulfide) groups is 1. The Hall–Kier alpha value is -2.74. The van der Waals surface area contributed by atoms with Crippen molar-refractivity contribution in [3.63, 3.8) is 0 Å². The van der Waals surface area contributed by atoms with E-state index in [-0.39, 0.29) is 11.5 Å². The first-order valence-corrected chi connectivity index (χ1v) is 8.64. The number of methoxy groups -OCH3 is 1. The molecule has 0 saturated carbocycles. The summed E-state index contributed by atoms with van der Waals surface area (Å²) in [5.74, 6) is -0.119. The Balaban J connectivity index is 2.19. The van der Waals surface area contributed by atoms with Crippen molar-refractivity contribution in [3.8, 4) is 11.5 Å². The molecule has 26 heavy (non-hydrogen) atoms. The van der Waals surface area contributed by atoms with Crippen LogP contribution >= 0.6 is 11.8 Å². The minimum Gasteiger partial charge on any atom is -0.493 e. The maximum Gasteiger partial charge on any atom is 0.326 e. The molecule has 1 aromatic rings. The highest BCUT2D eigenvalue weighted by atomic mass is 32.2. The summed E-state index contributed by atoms with van der Waals surface area (Å²) in [4.78, 5) is 37.0. The molecule has 1 saturated heterocycles. The summed E-state index contributed by atoms with van der Waals surface area (Å²) in [6.45, 7) is 5.37. The molecule has 1 aliphatic heterocycles. The Bertz CT molecular complexity index is 758. The molecule has 0 unspecified atom stereocenters. The van der Waals surface area contributed by atoms with Crippen molar-refractivity contribution >= 4 is 35.0 Å². The van der Waals surface area contributed by atoms with Gasteiger partial charge in [0.1, 0.15) is 13.2 Å². The standard InChI is InChI=1S/C18H19NO6S/c1-4-8-25-13-7-6-12(9-14(13)23-3)10-15-17(21)19(18(22)26-15)11-16(20)24-5-2/h4,6-7,9-10H,1,5,8,11H2,2-3H3/b15-10+. The van der Waals surface area contributed by atoms with Crippen LogP contribution in [0.1, 0.15) is 12.5 Å². The van der Waals surface area contributed by atoms with Crippen LogP contribution in [0.3, 0.4) is 0 Å². The van der Waals surface area contributed by atoms with Crippen LogP contribution in [0.5, 0.6) is 11.5 Å². The van der Waals surface area contributed by atoms with Crippen LogP contribution in [-0.2, 0) is 14.3 Å².